The number of fused-ring (bicyclic) bond motifs is 1. The average molecular weight is 229 g/mol. The van der Waals surface area contributed by atoms with Crippen molar-refractivity contribution >= 4 is 10.9 Å². The number of aromatic nitrogens is 1. The lowest BCUT2D eigenvalue weighted by Gasteiger charge is -2.23. The lowest BCUT2D eigenvalue weighted by atomic mass is 9.82. The van der Waals surface area contributed by atoms with Gasteiger partial charge < -0.3 is 4.57 Å². The number of benzene rings is 1. The van der Waals surface area contributed by atoms with E-state index in [0.717, 1.165) is 0 Å². The van der Waals surface area contributed by atoms with Crippen molar-refractivity contribution in [2.45, 2.75) is 46.0 Å². The summed E-state index contributed by atoms with van der Waals surface area (Å²) in [6.07, 6.45) is 0. The molecule has 0 spiro atoms. The number of rotatable bonds is 1. The Labute approximate surface area is 104 Å². The molecule has 1 nitrogen and oxygen atoms in total. The van der Waals surface area contributed by atoms with E-state index in [1.807, 2.05) is 0 Å². The van der Waals surface area contributed by atoms with Crippen LogP contribution in [-0.4, -0.2) is 4.57 Å². The van der Waals surface area contributed by atoms with Crippen LogP contribution in [0.1, 0.15) is 51.8 Å². The number of nitrogens with zero attached hydrogens (tertiary/aromatic N) is 1. The van der Waals surface area contributed by atoms with Crippen LogP contribution in [0.4, 0.5) is 0 Å². The quantitative estimate of drug-likeness (QED) is 0.673. The first kappa shape index (κ1) is 12.2. The van der Waals surface area contributed by atoms with Crippen molar-refractivity contribution < 1.29 is 0 Å². The van der Waals surface area contributed by atoms with Crippen LogP contribution in [0.25, 0.3) is 10.9 Å². The predicted molar refractivity (Wildman–Crippen MR) is 75.7 cm³/mol. The Bertz CT molecular complexity index is 538. The molecule has 0 aliphatic carbocycles. The fourth-order valence-electron chi connectivity index (χ4n) is 2.88. The van der Waals surface area contributed by atoms with Gasteiger partial charge in [0, 0.05) is 23.6 Å². The number of hydrogen-bond acceptors (Lipinski definition) is 0. The third kappa shape index (κ3) is 1.88. The van der Waals surface area contributed by atoms with Crippen molar-refractivity contribution in [1.82, 2.24) is 4.57 Å². The highest BCUT2D eigenvalue weighted by atomic mass is 15.0. The molecule has 0 bridgehead atoms. The van der Waals surface area contributed by atoms with Crippen molar-refractivity contribution in [1.29, 1.82) is 0 Å². The maximum atomic E-state index is 2.36. The van der Waals surface area contributed by atoms with Gasteiger partial charge in [-0.2, -0.15) is 0 Å². The molecule has 0 aliphatic rings. The molecule has 0 saturated heterocycles. The molecule has 1 heteroatoms. The Morgan fingerprint density at radius 2 is 1.65 bits per heavy atom. The van der Waals surface area contributed by atoms with Crippen LogP contribution >= 0.6 is 0 Å². The zero-order chi connectivity index (χ0) is 12.8. The Balaban J connectivity index is 2.91. The molecule has 17 heavy (non-hydrogen) atoms. The molecule has 2 aromatic rings. The van der Waals surface area contributed by atoms with Crippen LogP contribution in [0.15, 0.2) is 24.3 Å². The maximum Gasteiger partial charge on any atom is 0.0483 e. The van der Waals surface area contributed by atoms with Crippen LogP contribution < -0.4 is 0 Å². The molecule has 0 fully saturated rings. The Kier molecular flexibility index (Phi) is 2.81. The summed E-state index contributed by atoms with van der Waals surface area (Å²) >= 11 is 0. The van der Waals surface area contributed by atoms with Crippen molar-refractivity contribution in [3.05, 3.63) is 35.5 Å². The average Bonchev–Trinajstić information content (AvgIpc) is 2.52. The van der Waals surface area contributed by atoms with E-state index in [1.165, 1.54) is 22.2 Å². The van der Waals surface area contributed by atoms with Crippen LogP contribution in [0.3, 0.4) is 0 Å². The molecule has 0 N–H and O–H groups in total. The Morgan fingerprint density at radius 1 is 1.06 bits per heavy atom. The molecule has 1 aromatic heterocycles. The van der Waals surface area contributed by atoms with E-state index in [1.54, 1.807) is 0 Å². The van der Waals surface area contributed by atoms with E-state index in [0.29, 0.717) is 5.92 Å². The molecule has 0 amide bonds. The summed E-state index contributed by atoms with van der Waals surface area (Å²) in [5, 5.41) is 1.41. The molecule has 92 valence electrons. The topological polar surface area (TPSA) is 4.93 Å². The summed E-state index contributed by atoms with van der Waals surface area (Å²) in [5.74, 6) is 0.557. The molecule has 1 heterocycles. The van der Waals surface area contributed by atoms with Gasteiger partial charge in [0.15, 0.2) is 0 Å². The normalized spacial score (nSPS) is 12.6. The highest BCUT2D eigenvalue weighted by molar-refractivity contribution is 5.86. The molecular weight excluding hydrogens is 206 g/mol. The van der Waals surface area contributed by atoms with Crippen molar-refractivity contribution in [3.63, 3.8) is 0 Å². The molecule has 0 radical (unpaired) electrons. The van der Waals surface area contributed by atoms with Gasteiger partial charge in [-0.05, 0) is 23.0 Å². The molecule has 1 aromatic carbocycles. The van der Waals surface area contributed by atoms with Gasteiger partial charge in [-0.25, -0.2) is 0 Å². The summed E-state index contributed by atoms with van der Waals surface area (Å²) < 4.78 is 2.36. The molecule has 0 atom stereocenters. The molecule has 0 unspecified atom stereocenters. The summed E-state index contributed by atoms with van der Waals surface area (Å²) in [4.78, 5) is 0. The highest BCUT2D eigenvalue weighted by Crippen LogP contribution is 2.38. The first-order valence-electron chi connectivity index (χ1n) is 6.42. The molecule has 0 aliphatic heterocycles. The third-order valence-electron chi connectivity index (χ3n) is 3.45. The van der Waals surface area contributed by atoms with E-state index < -0.39 is 0 Å². The second-order valence-corrected chi connectivity index (χ2v) is 6.24. The lowest BCUT2D eigenvalue weighted by Crippen LogP contribution is -2.15. The van der Waals surface area contributed by atoms with E-state index in [4.69, 9.17) is 0 Å². The first-order valence-corrected chi connectivity index (χ1v) is 6.42. The van der Waals surface area contributed by atoms with Gasteiger partial charge in [-0.15, -0.1) is 0 Å². The fraction of sp³-hybridized carbons (Fsp3) is 0.500. The van der Waals surface area contributed by atoms with Gasteiger partial charge in [0.25, 0.3) is 0 Å². The number of hydrogen-bond donors (Lipinski definition) is 0. The van der Waals surface area contributed by atoms with Crippen LogP contribution in [0, 0.1) is 0 Å². The molecule has 2 rings (SSSR count). The van der Waals surface area contributed by atoms with Crippen molar-refractivity contribution in [2.24, 2.45) is 7.05 Å². The summed E-state index contributed by atoms with van der Waals surface area (Å²) in [6, 6.07) is 8.73. The molecular formula is C16H23N. The van der Waals surface area contributed by atoms with Crippen LogP contribution in [0.5, 0.6) is 0 Å². The van der Waals surface area contributed by atoms with Gasteiger partial charge in [-0.3, -0.25) is 0 Å². The zero-order valence-corrected chi connectivity index (χ0v) is 11.8. The third-order valence-corrected chi connectivity index (χ3v) is 3.45. The van der Waals surface area contributed by atoms with Crippen LogP contribution in [-0.2, 0) is 12.5 Å². The first-order chi connectivity index (χ1) is 7.84. The second-order valence-electron chi connectivity index (χ2n) is 6.24. The molecule has 0 saturated carbocycles. The Hall–Kier alpha value is -1.24. The Morgan fingerprint density at radius 3 is 2.18 bits per heavy atom. The minimum atomic E-state index is 0.195. The van der Waals surface area contributed by atoms with E-state index in [-0.39, 0.29) is 5.41 Å². The van der Waals surface area contributed by atoms with E-state index >= 15 is 0 Å². The fourth-order valence-corrected chi connectivity index (χ4v) is 2.88. The van der Waals surface area contributed by atoms with Gasteiger partial charge in [0.1, 0.15) is 0 Å². The van der Waals surface area contributed by atoms with E-state index in [9.17, 15) is 0 Å². The predicted octanol–water partition coefficient (Wildman–Crippen LogP) is 4.60. The number of aryl methyl sites for hydroxylation is 1. The largest absolute Gasteiger partial charge is 0.347 e. The van der Waals surface area contributed by atoms with Gasteiger partial charge in [0.05, 0.1) is 0 Å². The monoisotopic (exact) mass is 229 g/mol. The summed E-state index contributed by atoms with van der Waals surface area (Å²) in [5.41, 5.74) is 4.52. The van der Waals surface area contributed by atoms with Crippen molar-refractivity contribution in [3.8, 4) is 0 Å². The lowest BCUT2D eigenvalue weighted by molar-refractivity contribution is 0.573. The minimum Gasteiger partial charge on any atom is -0.347 e. The minimum absolute atomic E-state index is 0.195. The summed E-state index contributed by atoms with van der Waals surface area (Å²) in [6.45, 7) is 11.5. The summed E-state index contributed by atoms with van der Waals surface area (Å²) in [7, 11) is 2.19. The maximum absolute atomic E-state index is 2.36. The smallest absolute Gasteiger partial charge is 0.0483 e. The van der Waals surface area contributed by atoms with Crippen molar-refractivity contribution in [2.75, 3.05) is 0 Å². The standard InChI is InChI=1S/C16H23N/c1-11(2)15-14(16(3,4)5)12-9-7-8-10-13(12)17(15)6/h7-11H,1-6H3. The highest BCUT2D eigenvalue weighted by Gasteiger charge is 2.26. The SMILES string of the molecule is CC(C)c1c(C(C)(C)C)c2ccccc2n1C. The van der Waals surface area contributed by atoms with Gasteiger partial charge in [0.2, 0.25) is 0 Å². The van der Waals surface area contributed by atoms with E-state index in [2.05, 4.69) is 70.5 Å². The van der Waals surface area contributed by atoms with Gasteiger partial charge >= 0.3 is 0 Å². The zero-order valence-electron chi connectivity index (χ0n) is 11.8. The van der Waals surface area contributed by atoms with Crippen LogP contribution in [0.2, 0.25) is 0 Å². The van der Waals surface area contributed by atoms with Gasteiger partial charge in [-0.1, -0.05) is 52.8 Å². The second kappa shape index (κ2) is 3.90. The number of para-hydroxylation sites is 1.